The maximum absolute atomic E-state index is 13.6. The third-order valence-corrected chi connectivity index (χ3v) is 7.62. The number of nitrogens with zero attached hydrogens (tertiary/aromatic N) is 4. The van der Waals surface area contributed by atoms with Crippen molar-refractivity contribution in [1.29, 1.82) is 0 Å². The van der Waals surface area contributed by atoms with Crippen molar-refractivity contribution in [2.24, 2.45) is 10.1 Å². The molecular formula is C29H29N5O7S. The van der Waals surface area contributed by atoms with Gasteiger partial charge in [0.1, 0.15) is 11.0 Å². The zero-order valence-electron chi connectivity index (χ0n) is 23.6. The molecule has 4 rings (SSSR count). The second-order valence-electron chi connectivity index (χ2n) is 9.09. The van der Waals surface area contributed by atoms with Crippen molar-refractivity contribution in [3.8, 4) is 17.2 Å². The highest BCUT2D eigenvalue weighted by Gasteiger charge is 2.40. The van der Waals surface area contributed by atoms with E-state index < -0.39 is 22.0 Å². The van der Waals surface area contributed by atoms with Crippen LogP contribution in [-0.4, -0.2) is 59.7 Å². The Kier molecular flexibility index (Phi) is 9.42. The van der Waals surface area contributed by atoms with E-state index in [-0.39, 0.29) is 28.7 Å². The molecule has 12 nitrogen and oxygen atoms in total. The Morgan fingerprint density at radius 2 is 1.81 bits per heavy atom. The van der Waals surface area contributed by atoms with Gasteiger partial charge in [-0.05, 0) is 49.2 Å². The maximum Gasteiger partial charge on any atom is 0.271 e. The number of hydrazone groups is 1. The molecule has 1 aliphatic heterocycles. The smallest absolute Gasteiger partial charge is 0.271 e. The van der Waals surface area contributed by atoms with Crippen molar-refractivity contribution in [1.82, 2.24) is 5.01 Å². The minimum absolute atomic E-state index is 0.122. The van der Waals surface area contributed by atoms with E-state index in [1.54, 1.807) is 18.2 Å². The lowest BCUT2D eigenvalue weighted by molar-refractivity contribution is -0.384. The molecule has 218 valence electrons. The fourth-order valence-corrected chi connectivity index (χ4v) is 5.22. The monoisotopic (exact) mass is 591 g/mol. The van der Waals surface area contributed by atoms with Crippen LogP contribution in [0.15, 0.2) is 64.7 Å². The van der Waals surface area contributed by atoms with Crippen LogP contribution in [0, 0.1) is 24.0 Å². The summed E-state index contributed by atoms with van der Waals surface area (Å²) in [7, 11) is 4.41. The number of amides is 2. The van der Waals surface area contributed by atoms with Crippen LogP contribution in [0.4, 0.5) is 17.1 Å². The topological polar surface area (TPSA) is 145 Å². The minimum Gasteiger partial charge on any atom is -0.495 e. The van der Waals surface area contributed by atoms with E-state index >= 15 is 0 Å². The Bertz CT molecular complexity index is 1590. The first-order valence-electron chi connectivity index (χ1n) is 12.7. The zero-order chi connectivity index (χ0) is 30.4. The van der Waals surface area contributed by atoms with Crippen LogP contribution in [-0.2, 0) is 9.59 Å². The highest BCUT2D eigenvalue weighted by molar-refractivity contribution is 8.15. The molecule has 0 unspecified atom stereocenters. The van der Waals surface area contributed by atoms with E-state index in [4.69, 9.17) is 19.2 Å². The van der Waals surface area contributed by atoms with Gasteiger partial charge in [-0.3, -0.25) is 19.7 Å². The van der Waals surface area contributed by atoms with Crippen molar-refractivity contribution in [2.75, 3.05) is 26.6 Å². The Hall–Kier alpha value is -4.91. The Morgan fingerprint density at radius 1 is 1.07 bits per heavy atom. The summed E-state index contributed by atoms with van der Waals surface area (Å²) in [5.41, 5.74) is 3.11. The average molecular weight is 592 g/mol. The first-order chi connectivity index (χ1) is 20.2. The fourth-order valence-electron chi connectivity index (χ4n) is 4.14. The number of nitrogens with one attached hydrogen (secondary N) is 1. The van der Waals surface area contributed by atoms with E-state index in [1.807, 2.05) is 32.0 Å². The Labute approximate surface area is 246 Å². The standard InChI is InChI=1S/C29H29N5O7S/c1-17-8-6-10-21(18(17)2)32-29-33(30-16-19-9-7-11-24(40-4)27(19)41-5)28(36)25(42-29)15-26(35)31-22-14-20(34(37)38)12-13-23(22)39-3/h6-14,16,25H,15H2,1-5H3,(H,31,35)/b30-16-,32-29?/t25-/m1/s1. The Morgan fingerprint density at radius 3 is 2.50 bits per heavy atom. The molecule has 3 aromatic carbocycles. The fraction of sp³-hybridized carbons (Fsp3) is 0.241. The summed E-state index contributed by atoms with van der Waals surface area (Å²) in [4.78, 5) is 42.0. The number of anilines is 1. The largest absolute Gasteiger partial charge is 0.495 e. The SMILES string of the molecule is COc1ccc([N+](=O)[O-])cc1NC(=O)C[C@H]1SC(=Nc2cccc(C)c2C)N(/N=C\c2cccc(OC)c2OC)C1=O. The van der Waals surface area contributed by atoms with Gasteiger partial charge < -0.3 is 19.5 Å². The second-order valence-corrected chi connectivity index (χ2v) is 10.3. The molecule has 1 saturated heterocycles. The van der Waals surface area contributed by atoms with Crippen LogP contribution in [0.2, 0.25) is 0 Å². The number of nitro benzene ring substituents is 1. The first kappa shape index (κ1) is 30.1. The van der Waals surface area contributed by atoms with E-state index in [1.165, 1.54) is 45.7 Å². The summed E-state index contributed by atoms with van der Waals surface area (Å²) in [6.07, 6.45) is 1.23. The molecule has 0 aliphatic carbocycles. The van der Waals surface area contributed by atoms with Crippen LogP contribution >= 0.6 is 11.8 Å². The highest BCUT2D eigenvalue weighted by atomic mass is 32.2. The Balaban J connectivity index is 1.64. The number of thioether (sulfide) groups is 1. The number of non-ortho nitro benzene ring substituents is 1. The van der Waals surface area contributed by atoms with Gasteiger partial charge in [-0.25, -0.2) is 4.99 Å². The summed E-state index contributed by atoms with van der Waals surface area (Å²) >= 11 is 1.10. The van der Waals surface area contributed by atoms with Crippen molar-refractivity contribution >= 4 is 52.0 Å². The molecule has 1 fully saturated rings. The van der Waals surface area contributed by atoms with Crippen molar-refractivity contribution in [3.63, 3.8) is 0 Å². The van der Waals surface area contributed by atoms with E-state index in [9.17, 15) is 19.7 Å². The van der Waals surface area contributed by atoms with Crippen molar-refractivity contribution in [3.05, 3.63) is 81.4 Å². The predicted molar refractivity (Wildman–Crippen MR) is 161 cm³/mol. The molecule has 0 bridgehead atoms. The van der Waals surface area contributed by atoms with Gasteiger partial charge in [0.05, 0.1) is 43.8 Å². The van der Waals surface area contributed by atoms with Gasteiger partial charge in [0.25, 0.3) is 11.6 Å². The number of hydrogen-bond acceptors (Lipinski definition) is 10. The molecular weight excluding hydrogens is 562 g/mol. The van der Waals surface area contributed by atoms with Crippen molar-refractivity contribution < 1.29 is 28.7 Å². The molecule has 0 aromatic heterocycles. The van der Waals surface area contributed by atoms with E-state index in [2.05, 4.69) is 10.4 Å². The minimum atomic E-state index is -0.858. The molecule has 3 aromatic rings. The van der Waals surface area contributed by atoms with Crippen LogP contribution in [0.1, 0.15) is 23.1 Å². The van der Waals surface area contributed by atoms with Gasteiger partial charge in [0.15, 0.2) is 16.7 Å². The first-order valence-corrected chi connectivity index (χ1v) is 13.6. The average Bonchev–Trinajstić information content (AvgIpc) is 3.26. The molecule has 42 heavy (non-hydrogen) atoms. The summed E-state index contributed by atoms with van der Waals surface area (Å²) in [6, 6.07) is 14.8. The van der Waals surface area contributed by atoms with E-state index in [0.717, 1.165) is 27.9 Å². The van der Waals surface area contributed by atoms with Crippen LogP contribution < -0.4 is 19.5 Å². The summed E-state index contributed by atoms with van der Waals surface area (Å²) in [6.45, 7) is 3.90. The number of hydrogen-bond donors (Lipinski definition) is 1. The van der Waals surface area contributed by atoms with Crippen LogP contribution in [0.5, 0.6) is 17.2 Å². The number of aryl methyl sites for hydroxylation is 1. The number of nitro groups is 1. The lowest BCUT2D eigenvalue weighted by atomic mass is 10.1. The molecule has 0 radical (unpaired) electrons. The number of aliphatic imine (C=N–C) groups is 1. The summed E-state index contributed by atoms with van der Waals surface area (Å²) in [5.74, 6) is 0.196. The number of carbonyl (C=O) groups is 2. The highest BCUT2D eigenvalue weighted by Crippen LogP contribution is 2.35. The van der Waals surface area contributed by atoms with Crippen molar-refractivity contribution in [2.45, 2.75) is 25.5 Å². The molecule has 0 saturated carbocycles. The van der Waals surface area contributed by atoms with Gasteiger partial charge in [-0.15, -0.1) is 0 Å². The molecule has 1 atom stereocenters. The molecule has 1 aliphatic rings. The molecule has 13 heteroatoms. The van der Waals surface area contributed by atoms with E-state index in [0.29, 0.717) is 22.7 Å². The number of rotatable bonds is 10. The van der Waals surface area contributed by atoms with Gasteiger partial charge in [-0.2, -0.15) is 10.1 Å². The lowest BCUT2D eigenvalue weighted by Crippen LogP contribution is -2.30. The zero-order valence-corrected chi connectivity index (χ0v) is 24.4. The van der Waals surface area contributed by atoms with Gasteiger partial charge in [0, 0.05) is 24.1 Å². The summed E-state index contributed by atoms with van der Waals surface area (Å²) < 4.78 is 16.1. The molecule has 1 heterocycles. The number of carbonyl (C=O) groups excluding carboxylic acids is 2. The molecule has 1 N–H and O–H groups in total. The third-order valence-electron chi connectivity index (χ3n) is 6.49. The third kappa shape index (κ3) is 6.52. The second kappa shape index (κ2) is 13.2. The van der Waals surface area contributed by atoms with Gasteiger partial charge in [0.2, 0.25) is 5.91 Å². The van der Waals surface area contributed by atoms with Gasteiger partial charge >= 0.3 is 0 Å². The predicted octanol–water partition coefficient (Wildman–Crippen LogP) is 5.23. The number of para-hydroxylation sites is 1. The number of methoxy groups -OCH3 is 3. The molecule has 0 spiro atoms. The molecule has 2 amide bonds. The number of ether oxygens (including phenoxy) is 3. The van der Waals surface area contributed by atoms with Gasteiger partial charge in [-0.1, -0.05) is 30.0 Å². The van der Waals surface area contributed by atoms with Crippen LogP contribution in [0.3, 0.4) is 0 Å². The number of amidine groups is 1. The van der Waals surface area contributed by atoms with Crippen LogP contribution in [0.25, 0.3) is 0 Å². The lowest BCUT2D eigenvalue weighted by Gasteiger charge is -2.13. The summed E-state index contributed by atoms with van der Waals surface area (Å²) in [5, 5.41) is 18.9. The normalized spacial score (nSPS) is 15.7. The quantitative estimate of drug-likeness (QED) is 0.192. The number of benzene rings is 3. The maximum atomic E-state index is 13.6.